The molecule has 1 aromatic heterocycles. The SMILES string of the molecule is O=S(=O)(c1cccc(-c2nnc(SCCCOc3ccc(Cl)cc3)o2)c1)N1CCOCC1. The van der Waals surface area contributed by atoms with E-state index in [1.165, 1.54) is 16.1 Å². The number of halogens is 1. The van der Waals surface area contributed by atoms with E-state index in [0.29, 0.717) is 48.7 Å². The molecular formula is C21H22ClN3O5S2. The van der Waals surface area contributed by atoms with Gasteiger partial charge in [0, 0.05) is 29.4 Å². The summed E-state index contributed by atoms with van der Waals surface area (Å²) in [6.45, 7) is 2.03. The van der Waals surface area contributed by atoms with Crippen molar-refractivity contribution in [1.29, 1.82) is 0 Å². The van der Waals surface area contributed by atoms with Crippen molar-refractivity contribution in [2.75, 3.05) is 38.7 Å². The first kappa shape index (κ1) is 23.1. The van der Waals surface area contributed by atoms with Crippen LogP contribution in [0, 0.1) is 0 Å². The van der Waals surface area contributed by atoms with Crippen LogP contribution in [-0.2, 0) is 14.8 Å². The van der Waals surface area contributed by atoms with Gasteiger partial charge in [0.1, 0.15) is 5.75 Å². The van der Waals surface area contributed by atoms with Crippen molar-refractivity contribution in [2.45, 2.75) is 16.5 Å². The molecule has 1 saturated heterocycles. The molecule has 0 unspecified atom stereocenters. The number of morpholine rings is 1. The maximum atomic E-state index is 12.9. The Morgan fingerprint density at radius 1 is 1.09 bits per heavy atom. The fraction of sp³-hybridized carbons (Fsp3) is 0.333. The van der Waals surface area contributed by atoms with Gasteiger partial charge in [-0.05, 0) is 48.9 Å². The van der Waals surface area contributed by atoms with Gasteiger partial charge in [0.15, 0.2) is 0 Å². The molecule has 0 atom stereocenters. The molecule has 1 aliphatic rings. The van der Waals surface area contributed by atoms with E-state index < -0.39 is 10.0 Å². The molecule has 8 nitrogen and oxygen atoms in total. The summed E-state index contributed by atoms with van der Waals surface area (Å²) in [6, 6.07) is 13.8. The van der Waals surface area contributed by atoms with Gasteiger partial charge in [-0.25, -0.2) is 8.42 Å². The van der Waals surface area contributed by atoms with Crippen LogP contribution in [0.5, 0.6) is 5.75 Å². The number of hydrogen-bond donors (Lipinski definition) is 0. The highest BCUT2D eigenvalue weighted by Crippen LogP contribution is 2.27. The monoisotopic (exact) mass is 495 g/mol. The lowest BCUT2D eigenvalue weighted by atomic mass is 10.2. The fourth-order valence-corrected chi connectivity index (χ4v) is 5.30. The maximum Gasteiger partial charge on any atom is 0.276 e. The van der Waals surface area contributed by atoms with Crippen LogP contribution in [0.2, 0.25) is 5.02 Å². The van der Waals surface area contributed by atoms with Crippen molar-refractivity contribution in [1.82, 2.24) is 14.5 Å². The van der Waals surface area contributed by atoms with Crippen molar-refractivity contribution in [3.05, 3.63) is 53.6 Å². The van der Waals surface area contributed by atoms with Gasteiger partial charge in [0.2, 0.25) is 15.9 Å². The lowest BCUT2D eigenvalue weighted by Crippen LogP contribution is -2.40. The number of rotatable bonds is 9. The predicted molar refractivity (Wildman–Crippen MR) is 122 cm³/mol. The van der Waals surface area contributed by atoms with Crippen LogP contribution in [0.25, 0.3) is 11.5 Å². The quantitative estimate of drug-likeness (QED) is 0.325. The van der Waals surface area contributed by atoms with Gasteiger partial charge in [0.05, 0.1) is 24.7 Å². The molecule has 11 heteroatoms. The third-order valence-corrected chi connectivity index (χ3v) is 7.74. The van der Waals surface area contributed by atoms with Crippen LogP contribution in [0.4, 0.5) is 0 Å². The molecule has 2 aromatic carbocycles. The van der Waals surface area contributed by atoms with Crippen molar-refractivity contribution >= 4 is 33.4 Å². The van der Waals surface area contributed by atoms with Crippen molar-refractivity contribution < 1.29 is 22.3 Å². The lowest BCUT2D eigenvalue weighted by molar-refractivity contribution is 0.0730. The summed E-state index contributed by atoms with van der Waals surface area (Å²) in [4.78, 5) is 0.198. The molecule has 3 aromatic rings. The van der Waals surface area contributed by atoms with E-state index in [2.05, 4.69) is 10.2 Å². The minimum Gasteiger partial charge on any atom is -0.494 e. The predicted octanol–water partition coefficient (Wildman–Crippen LogP) is 3.97. The van der Waals surface area contributed by atoms with Crippen LogP contribution >= 0.6 is 23.4 Å². The van der Waals surface area contributed by atoms with Crippen molar-refractivity contribution in [3.8, 4) is 17.2 Å². The Hall–Kier alpha value is -2.11. The Bertz CT molecular complexity index is 1130. The third-order valence-electron chi connectivity index (χ3n) is 4.69. The van der Waals surface area contributed by atoms with Crippen LogP contribution in [0.3, 0.4) is 0 Å². The van der Waals surface area contributed by atoms with Crippen molar-refractivity contribution in [2.24, 2.45) is 0 Å². The largest absolute Gasteiger partial charge is 0.494 e. The number of benzene rings is 2. The molecule has 0 radical (unpaired) electrons. The summed E-state index contributed by atoms with van der Waals surface area (Å²) in [7, 11) is -3.59. The number of thioether (sulfide) groups is 1. The van der Waals surface area contributed by atoms with Gasteiger partial charge in [-0.1, -0.05) is 29.4 Å². The average Bonchev–Trinajstić information content (AvgIpc) is 3.30. The molecule has 32 heavy (non-hydrogen) atoms. The van der Waals surface area contributed by atoms with E-state index >= 15 is 0 Å². The summed E-state index contributed by atoms with van der Waals surface area (Å²) in [5.74, 6) is 1.79. The lowest BCUT2D eigenvalue weighted by Gasteiger charge is -2.26. The van der Waals surface area contributed by atoms with Gasteiger partial charge >= 0.3 is 0 Å². The first-order valence-corrected chi connectivity index (χ1v) is 12.9. The smallest absolute Gasteiger partial charge is 0.276 e. The topological polar surface area (TPSA) is 94.8 Å². The van der Waals surface area contributed by atoms with Gasteiger partial charge in [-0.3, -0.25) is 0 Å². The Balaban J connectivity index is 1.32. The normalized spacial score (nSPS) is 15.0. The molecule has 0 saturated carbocycles. The van der Waals surface area contributed by atoms with E-state index in [9.17, 15) is 8.42 Å². The number of nitrogens with zero attached hydrogens (tertiary/aromatic N) is 3. The highest BCUT2D eigenvalue weighted by Gasteiger charge is 2.26. The number of hydrogen-bond acceptors (Lipinski definition) is 8. The molecule has 2 heterocycles. The minimum absolute atomic E-state index is 0.198. The zero-order valence-electron chi connectivity index (χ0n) is 17.1. The zero-order chi connectivity index (χ0) is 22.4. The van der Waals surface area contributed by atoms with Gasteiger partial charge in [0.25, 0.3) is 5.22 Å². The standard InChI is InChI=1S/C21H22ClN3O5S2/c22-17-5-7-18(8-6-17)29-11-2-14-31-21-24-23-20(30-21)16-3-1-4-19(15-16)32(26,27)25-9-12-28-13-10-25/h1,3-8,15H,2,9-14H2. The van der Waals surface area contributed by atoms with E-state index in [1.54, 1.807) is 36.4 Å². The molecule has 1 fully saturated rings. The number of aromatic nitrogens is 2. The molecule has 0 amide bonds. The van der Waals surface area contributed by atoms with Crippen molar-refractivity contribution in [3.63, 3.8) is 0 Å². The van der Waals surface area contributed by atoms with E-state index in [1.807, 2.05) is 12.1 Å². The third kappa shape index (κ3) is 5.81. The highest BCUT2D eigenvalue weighted by molar-refractivity contribution is 7.99. The molecule has 0 N–H and O–H groups in total. The van der Waals surface area contributed by atoms with Gasteiger partial charge in [-0.15, -0.1) is 10.2 Å². The van der Waals surface area contributed by atoms with Crippen LogP contribution in [0.15, 0.2) is 63.1 Å². The Labute approximate surface area is 195 Å². The first-order chi connectivity index (χ1) is 15.5. The second-order valence-corrected chi connectivity index (χ2v) is 10.3. The zero-order valence-corrected chi connectivity index (χ0v) is 19.5. The maximum absolute atomic E-state index is 12.9. The van der Waals surface area contributed by atoms with Crippen LogP contribution in [0.1, 0.15) is 6.42 Å². The second kappa shape index (κ2) is 10.7. The Kier molecular flexibility index (Phi) is 7.69. The summed E-state index contributed by atoms with van der Waals surface area (Å²) < 4.78 is 43.8. The number of ether oxygens (including phenoxy) is 2. The fourth-order valence-electron chi connectivity index (χ4n) is 3.05. The summed E-state index contributed by atoms with van der Waals surface area (Å²) in [5, 5.41) is 9.22. The van der Waals surface area contributed by atoms with E-state index in [4.69, 9.17) is 25.5 Å². The molecule has 0 bridgehead atoms. The minimum atomic E-state index is -3.59. The van der Waals surface area contributed by atoms with E-state index in [0.717, 1.165) is 17.9 Å². The molecule has 0 aliphatic carbocycles. The summed E-state index contributed by atoms with van der Waals surface area (Å²) >= 11 is 7.28. The molecule has 4 rings (SSSR count). The number of sulfonamides is 1. The Morgan fingerprint density at radius 3 is 2.66 bits per heavy atom. The summed E-state index contributed by atoms with van der Waals surface area (Å²) in [6.07, 6.45) is 0.790. The first-order valence-electron chi connectivity index (χ1n) is 10.1. The van der Waals surface area contributed by atoms with Crippen LogP contribution in [-0.4, -0.2) is 61.6 Å². The second-order valence-electron chi connectivity index (χ2n) is 6.92. The highest BCUT2D eigenvalue weighted by atomic mass is 35.5. The summed E-state index contributed by atoms with van der Waals surface area (Å²) in [5.41, 5.74) is 0.560. The van der Waals surface area contributed by atoms with Gasteiger partial charge < -0.3 is 13.9 Å². The van der Waals surface area contributed by atoms with E-state index in [-0.39, 0.29) is 10.8 Å². The molecule has 0 spiro atoms. The molecule has 170 valence electrons. The Morgan fingerprint density at radius 2 is 1.88 bits per heavy atom. The molecular weight excluding hydrogens is 474 g/mol. The molecule has 1 aliphatic heterocycles. The average molecular weight is 496 g/mol. The van der Waals surface area contributed by atoms with Gasteiger partial charge in [-0.2, -0.15) is 4.31 Å². The van der Waals surface area contributed by atoms with Crippen LogP contribution < -0.4 is 4.74 Å².